The van der Waals surface area contributed by atoms with Gasteiger partial charge in [-0.25, -0.2) is 4.98 Å². The second-order valence-electron chi connectivity index (χ2n) is 7.69. The number of nitriles is 1. The van der Waals surface area contributed by atoms with Crippen LogP contribution >= 0.6 is 11.6 Å². The molecule has 0 unspecified atom stereocenters. The number of nitrogens with one attached hydrogen (secondary N) is 1. The van der Waals surface area contributed by atoms with E-state index in [1.165, 1.54) is 0 Å². The molecule has 1 heterocycles. The summed E-state index contributed by atoms with van der Waals surface area (Å²) in [5, 5.41) is 23.3. The van der Waals surface area contributed by atoms with Gasteiger partial charge in [-0.1, -0.05) is 41.9 Å². The Morgan fingerprint density at radius 1 is 1.38 bits per heavy atom. The highest BCUT2D eigenvalue weighted by molar-refractivity contribution is 6.32. The Hall–Kier alpha value is -2.88. The Bertz CT molecular complexity index is 1110. The molecule has 0 bridgehead atoms. The summed E-state index contributed by atoms with van der Waals surface area (Å²) in [4.78, 5) is 17.3. The molecule has 1 amide bonds. The van der Waals surface area contributed by atoms with E-state index in [1.807, 2.05) is 22.8 Å². The third-order valence-electron chi connectivity index (χ3n) is 5.49. The van der Waals surface area contributed by atoms with Crippen molar-refractivity contribution < 1.29 is 9.90 Å². The smallest absolute Gasteiger partial charge is 0.229 e. The first-order valence-electron chi connectivity index (χ1n) is 9.58. The lowest BCUT2D eigenvalue weighted by Gasteiger charge is -2.29. The summed E-state index contributed by atoms with van der Waals surface area (Å²) in [5.74, 6) is 0.0889. The van der Waals surface area contributed by atoms with Crippen LogP contribution in [0.25, 0.3) is 11.0 Å². The molecule has 148 valence electrons. The molecule has 1 fully saturated rings. The lowest BCUT2D eigenvalue weighted by molar-refractivity contribution is -0.120. The highest BCUT2D eigenvalue weighted by Crippen LogP contribution is 2.38. The van der Waals surface area contributed by atoms with Crippen LogP contribution < -0.4 is 5.32 Å². The topological polar surface area (TPSA) is 90.9 Å². The van der Waals surface area contributed by atoms with Gasteiger partial charge in [0, 0.05) is 6.04 Å². The Balaban J connectivity index is 1.65. The number of hydrogen-bond acceptors (Lipinski definition) is 4. The number of fused-ring (bicyclic) bond motifs is 1. The molecule has 1 aliphatic rings. The number of aromatic nitrogens is 2. The number of anilines is 1. The van der Waals surface area contributed by atoms with Crippen molar-refractivity contribution in [2.45, 2.75) is 44.2 Å². The average Bonchev–Trinajstić information content (AvgIpc) is 2.96. The minimum Gasteiger partial charge on any atom is -0.385 e. The third-order valence-corrected chi connectivity index (χ3v) is 5.80. The van der Waals surface area contributed by atoms with Gasteiger partial charge in [0.2, 0.25) is 11.9 Å². The molecule has 7 heteroatoms. The predicted octanol–water partition coefficient (Wildman–Crippen LogP) is 4.52. The van der Waals surface area contributed by atoms with Crippen molar-refractivity contribution in [2.75, 3.05) is 5.32 Å². The van der Waals surface area contributed by atoms with Gasteiger partial charge in [0.1, 0.15) is 6.07 Å². The number of carbonyl (C=O) groups is 1. The molecule has 0 radical (unpaired) electrons. The first kappa shape index (κ1) is 19.4. The van der Waals surface area contributed by atoms with Crippen molar-refractivity contribution in [2.24, 2.45) is 0 Å². The van der Waals surface area contributed by atoms with Crippen LogP contribution in [0.3, 0.4) is 0 Å². The summed E-state index contributed by atoms with van der Waals surface area (Å²) in [6, 6.07) is 14.8. The minimum atomic E-state index is -1.30. The van der Waals surface area contributed by atoms with Crippen LogP contribution in [-0.4, -0.2) is 20.6 Å². The molecule has 1 aromatic heterocycles. The van der Waals surface area contributed by atoms with Gasteiger partial charge < -0.3 is 9.67 Å². The van der Waals surface area contributed by atoms with Crippen molar-refractivity contribution in [3.05, 3.63) is 58.6 Å². The number of aliphatic hydroxyl groups is 1. The van der Waals surface area contributed by atoms with Gasteiger partial charge in [0.15, 0.2) is 0 Å². The van der Waals surface area contributed by atoms with Crippen LogP contribution in [0.1, 0.15) is 49.8 Å². The highest BCUT2D eigenvalue weighted by atomic mass is 35.5. The molecule has 6 nitrogen and oxygen atoms in total. The lowest BCUT2D eigenvalue weighted by atomic mass is 9.92. The number of rotatable bonds is 5. The summed E-state index contributed by atoms with van der Waals surface area (Å²) in [7, 11) is 0. The van der Waals surface area contributed by atoms with Crippen LogP contribution in [0, 0.1) is 11.3 Å². The molecule has 3 aromatic rings. The number of amides is 1. The number of nitrogens with zero attached hydrogens (tertiary/aromatic N) is 3. The number of hydrogen-bond donors (Lipinski definition) is 2. The first-order chi connectivity index (χ1) is 13.9. The van der Waals surface area contributed by atoms with Crippen molar-refractivity contribution >= 4 is 34.5 Å². The zero-order chi connectivity index (χ0) is 20.6. The largest absolute Gasteiger partial charge is 0.385 e. The standard InChI is InChI=1S/C22H21ClN4O2/c1-22(29,15-6-3-2-4-7-15)12-20(28)26-21-25-18-11-17(23)14(13-24)10-19(18)27(21)16-8-5-9-16/h2-4,6-7,10-11,16,29H,5,8-9,12H2,1H3,(H,25,26,28)/t22-/m0/s1. The molecular formula is C22H21ClN4O2. The summed E-state index contributed by atoms with van der Waals surface area (Å²) < 4.78 is 1.98. The maximum Gasteiger partial charge on any atom is 0.229 e. The zero-order valence-electron chi connectivity index (χ0n) is 16.0. The molecule has 0 saturated heterocycles. The molecule has 4 rings (SSSR count). The van der Waals surface area contributed by atoms with E-state index in [2.05, 4.69) is 16.4 Å². The molecule has 2 N–H and O–H groups in total. The molecule has 0 spiro atoms. The third kappa shape index (κ3) is 3.71. The fraction of sp³-hybridized carbons (Fsp3) is 0.318. The molecule has 29 heavy (non-hydrogen) atoms. The second kappa shape index (κ2) is 7.51. The van der Waals surface area contributed by atoms with Crippen molar-refractivity contribution in [1.82, 2.24) is 9.55 Å². The Morgan fingerprint density at radius 3 is 2.72 bits per heavy atom. The normalized spacial score (nSPS) is 16.1. The van der Waals surface area contributed by atoms with Gasteiger partial charge >= 0.3 is 0 Å². The maximum absolute atomic E-state index is 12.7. The summed E-state index contributed by atoms with van der Waals surface area (Å²) in [5.41, 5.74) is 1.17. The van der Waals surface area contributed by atoms with E-state index < -0.39 is 5.60 Å². The van der Waals surface area contributed by atoms with Gasteiger partial charge in [0.25, 0.3) is 0 Å². The SMILES string of the molecule is C[C@](O)(CC(=O)Nc1nc2cc(Cl)c(C#N)cc2n1C1CCC1)c1ccccc1. The van der Waals surface area contributed by atoms with E-state index in [1.54, 1.807) is 31.2 Å². The number of benzene rings is 2. The Kier molecular flexibility index (Phi) is 5.03. The van der Waals surface area contributed by atoms with Crippen molar-refractivity contribution in [1.29, 1.82) is 5.26 Å². The van der Waals surface area contributed by atoms with Gasteiger partial charge in [-0.15, -0.1) is 0 Å². The lowest BCUT2D eigenvalue weighted by Crippen LogP contribution is -2.30. The van der Waals surface area contributed by atoms with Crippen LogP contribution in [0.4, 0.5) is 5.95 Å². The quantitative estimate of drug-likeness (QED) is 0.649. The average molecular weight is 409 g/mol. The van der Waals surface area contributed by atoms with Crippen molar-refractivity contribution in [3.8, 4) is 6.07 Å². The van der Waals surface area contributed by atoms with Gasteiger partial charge in [-0.05, 0) is 43.9 Å². The molecule has 1 aliphatic carbocycles. The zero-order valence-corrected chi connectivity index (χ0v) is 16.8. The minimum absolute atomic E-state index is 0.102. The number of halogens is 1. The van der Waals surface area contributed by atoms with Crippen molar-refractivity contribution in [3.63, 3.8) is 0 Å². The fourth-order valence-electron chi connectivity index (χ4n) is 3.69. The fourth-order valence-corrected chi connectivity index (χ4v) is 3.89. The summed E-state index contributed by atoms with van der Waals surface area (Å²) >= 11 is 6.16. The highest BCUT2D eigenvalue weighted by Gasteiger charge is 2.29. The predicted molar refractivity (Wildman–Crippen MR) is 112 cm³/mol. The van der Waals surface area contributed by atoms with Crippen LogP contribution in [0.15, 0.2) is 42.5 Å². The second-order valence-corrected chi connectivity index (χ2v) is 8.09. The van der Waals surface area contributed by atoms with Gasteiger partial charge in [-0.3, -0.25) is 10.1 Å². The van der Waals surface area contributed by atoms with Crippen LogP contribution in [0.2, 0.25) is 5.02 Å². The van der Waals surface area contributed by atoms with Gasteiger partial charge in [-0.2, -0.15) is 5.26 Å². The monoisotopic (exact) mass is 408 g/mol. The number of imidazole rings is 1. The molecule has 0 aliphatic heterocycles. The first-order valence-corrected chi connectivity index (χ1v) is 9.96. The van der Waals surface area contributed by atoms with Gasteiger partial charge in [0.05, 0.1) is 33.6 Å². The Labute approximate surface area is 173 Å². The van der Waals surface area contributed by atoms with E-state index >= 15 is 0 Å². The van der Waals surface area contributed by atoms with E-state index in [9.17, 15) is 15.2 Å². The molecule has 1 atom stereocenters. The van der Waals surface area contributed by atoms with E-state index in [4.69, 9.17) is 11.6 Å². The Morgan fingerprint density at radius 2 is 2.10 bits per heavy atom. The maximum atomic E-state index is 12.7. The molecule has 1 saturated carbocycles. The van der Waals surface area contributed by atoms with E-state index in [0.717, 1.165) is 24.8 Å². The van der Waals surface area contributed by atoms with E-state index in [-0.39, 0.29) is 18.4 Å². The van der Waals surface area contributed by atoms with Crippen LogP contribution in [0.5, 0.6) is 0 Å². The van der Waals surface area contributed by atoms with E-state index in [0.29, 0.717) is 27.6 Å². The van der Waals surface area contributed by atoms with Crippen LogP contribution in [-0.2, 0) is 10.4 Å². The number of carbonyl (C=O) groups excluding carboxylic acids is 1. The summed E-state index contributed by atoms with van der Waals surface area (Å²) in [6.45, 7) is 1.62. The molecular weight excluding hydrogens is 388 g/mol. The summed E-state index contributed by atoms with van der Waals surface area (Å²) in [6.07, 6.45) is 2.98. The molecule has 2 aromatic carbocycles.